The van der Waals surface area contributed by atoms with Crippen LogP contribution in [0.3, 0.4) is 0 Å². The zero-order valence-corrected chi connectivity index (χ0v) is 9.24. The van der Waals surface area contributed by atoms with Crippen LogP contribution < -0.4 is 4.74 Å². The zero-order chi connectivity index (χ0) is 12.5. The number of carbonyl (C=O) groups excluding carboxylic acids is 1. The summed E-state index contributed by atoms with van der Waals surface area (Å²) in [6.07, 6.45) is -4.84. The Morgan fingerprint density at radius 2 is 1.94 bits per heavy atom. The Kier molecular flexibility index (Phi) is 3.48. The minimum Gasteiger partial charge on any atom is -0.405 e. The van der Waals surface area contributed by atoms with Crippen molar-refractivity contribution in [3.63, 3.8) is 0 Å². The van der Waals surface area contributed by atoms with Crippen LogP contribution in [-0.4, -0.2) is 12.1 Å². The fraction of sp³-hybridized carbons (Fsp3) is 0.300. The van der Waals surface area contributed by atoms with Crippen molar-refractivity contribution in [3.05, 3.63) is 28.3 Å². The van der Waals surface area contributed by atoms with Gasteiger partial charge in [0.25, 0.3) is 0 Å². The Bertz CT molecular complexity index is 427. The largest absolute Gasteiger partial charge is 0.573 e. The van der Waals surface area contributed by atoms with Crippen molar-refractivity contribution in [2.75, 3.05) is 0 Å². The zero-order valence-electron chi connectivity index (χ0n) is 8.48. The lowest BCUT2D eigenvalue weighted by molar-refractivity contribution is -0.274. The Morgan fingerprint density at radius 1 is 1.38 bits per heavy atom. The summed E-state index contributed by atoms with van der Waals surface area (Å²) in [5, 5.41) is 0.115. The predicted molar refractivity (Wildman–Crippen MR) is 52.9 cm³/mol. The molecule has 0 aliphatic rings. The van der Waals surface area contributed by atoms with Gasteiger partial charge >= 0.3 is 6.36 Å². The van der Waals surface area contributed by atoms with Gasteiger partial charge in [0.2, 0.25) is 0 Å². The second kappa shape index (κ2) is 4.33. The molecule has 0 N–H and O–H groups in total. The molecule has 0 unspecified atom stereocenters. The lowest BCUT2D eigenvalue weighted by atomic mass is 10.1. The highest BCUT2D eigenvalue weighted by Gasteiger charge is 2.32. The van der Waals surface area contributed by atoms with Gasteiger partial charge in [-0.2, -0.15) is 0 Å². The molecule has 0 atom stereocenters. The van der Waals surface area contributed by atoms with E-state index in [1.165, 1.54) is 6.07 Å². The van der Waals surface area contributed by atoms with Crippen LogP contribution in [0, 0.1) is 6.92 Å². The van der Waals surface area contributed by atoms with Crippen LogP contribution in [0.5, 0.6) is 5.75 Å². The van der Waals surface area contributed by atoms with Crippen molar-refractivity contribution >= 4 is 17.4 Å². The molecular weight excluding hydrogens is 245 g/mol. The maximum absolute atomic E-state index is 12.0. The van der Waals surface area contributed by atoms with E-state index in [9.17, 15) is 18.0 Å². The number of aryl methyl sites for hydroxylation is 1. The highest BCUT2D eigenvalue weighted by Crippen LogP contribution is 2.31. The number of alkyl halides is 3. The highest BCUT2D eigenvalue weighted by molar-refractivity contribution is 6.31. The number of hydrogen-bond donors (Lipinski definition) is 0. The fourth-order valence-corrected chi connectivity index (χ4v) is 1.30. The lowest BCUT2D eigenvalue weighted by Gasteiger charge is -2.13. The maximum Gasteiger partial charge on any atom is 0.573 e. The summed E-state index contributed by atoms with van der Waals surface area (Å²) < 4.78 is 39.8. The van der Waals surface area contributed by atoms with E-state index in [-0.39, 0.29) is 10.6 Å². The standard InChI is InChI=1S/C10H8ClF3O2/c1-5-3-7(6(2)15)9(4-8(5)11)16-10(12,13)14/h3-4H,1-2H3. The molecule has 0 fully saturated rings. The van der Waals surface area contributed by atoms with Gasteiger partial charge in [-0.3, -0.25) is 4.79 Å². The number of carbonyl (C=O) groups is 1. The average Bonchev–Trinajstić information content (AvgIpc) is 2.07. The number of hydrogen-bond acceptors (Lipinski definition) is 2. The third-order valence-electron chi connectivity index (χ3n) is 1.87. The van der Waals surface area contributed by atoms with E-state index < -0.39 is 17.9 Å². The highest BCUT2D eigenvalue weighted by atomic mass is 35.5. The monoisotopic (exact) mass is 252 g/mol. The van der Waals surface area contributed by atoms with E-state index in [4.69, 9.17) is 11.6 Å². The van der Waals surface area contributed by atoms with Crippen molar-refractivity contribution < 1.29 is 22.7 Å². The molecule has 0 saturated heterocycles. The van der Waals surface area contributed by atoms with Crippen LogP contribution >= 0.6 is 11.6 Å². The molecule has 1 aromatic rings. The number of Topliss-reactive ketones (excluding diaryl/α,β-unsaturated/α-hetero) is 1. The molecule has 88 valence electrons. The minimum atomic E-state index is -4.84. The molecule has 1 rings (SSSR count). The molecule has 0 aliphatic heterocycles. The molecule has 0 saturated carbocycles. The molecule has 0 bridgehead atoms. The Balaban J connectivity index is 3.25. The minimum absolute atomic E-state index is 0.115. The van der Waals surface area contributed by atoms with Crippen LogP contribution in [0.4, 0.5) is 13.2 Å². The van der Waals surface area contributed by atoms with Gasteiger partial charge in [-0.05, 0) is 25.5 Å². The smallest absolute Gasteiger partial charge is 0.405 e. The van der Waals surface area contributed by atoms with Crippen LogP contribution in [0.15, 0.2) is 12.1 Å². The van der Waals surface area contributed by atoms with Crippen LogP contribution in [0.1, 0.15) is 22.8 Å². The van der Waals surface area contributed by atoms with Crippen molar-refractivity contribution in [1.82, 2.24) is 0 Å². The van der Waals surface area contributed by atoms with Crippen molar-refractivity contribution in [3.8, 4) is 5.75 Å². The Morgan fingerprint density at radius 3 is 2.38 bits per heavy atom. The van der Waals surface area contributed by atoms with Gasteiger partial charge in [-0.15, -0.1) is 13.2 Å². The number of halogens is 4. The molecule has 0 amide bonds. The number of rotatable bonds is 2. The summed E-state index contributed by atoms with van der Waals surface area (Å²) in [4.78, 5) is 11.1. The molecule has 16 heavy (non-hydrogen) atoms. The van der Waals surface area contributed by atoms with E-state index in [0.29, 0.717) is 5.56 Å². The summed E-state index contributed by atoms with van der Waals surface area (Å²) in [7, 11) is 0. The van der Waals surface area contributed by atoms with Crippen LogP contribution in [0.25, 0.3) is 0 Å². The normalized spacial score (nSPS) is 11.4. The van der Waals surface area contributed by atoms with Crippen molar-refractivity contribution in [2.45, 2.75) is 20.2 Å². The molecule has 0 heterocycles. The molecule has 2 nitrogen and oxygen atoms in total. The quantitative estimate of drug-likeness (QED) is 0.750. The van der Waals surface area contributed by atoms with Gasteiger partial charge in [0, 0.05) is 11.1 Å². The van der Waals surface area contributed by atoms with Crippen LogP contribution in [-0.2, 0) is 0 Å². The van der Waals surface area contributed by atoms with Gasteiger partial charge in [-0.1, -0.05) is 11.6 Å². The van der Waals surface area contributed by atoms with E-state index in [2.05, 4.69) is 4.74 Å². The molecule has 1 aromatic carbocycles. The SMILES string of the molecule is CC(=O)c1cc(C)c(Cl)cc1OC(F)(F)F. The second-order valence-electron chi connectivity index (χ2n) is 3.20. The molecule has 0 aliphatic carbocycles. The number of ether oxygens (including phenoxy) is 1. The maximum atomic E-state index is 12.0. The molecular formula is C10H8ClF3O2. The van der Waals surface area contributed by atoms with Crippen molar-refractivity contribution in [2.24, 2.45) is 0 Å². The number of benzene rings is 1. The molecule has 0 radical (unpaired) electrons. The number of ketones is 1. The molecule has 0 aromatic heterocycles. The lowest BCUT2D eigenvalue weighted by Crippen LogP contribution is -2.18. The Hall–Kier alpha value is -1.23. The van der Waals surface area contributed by atoms with Gasteiger partial charge < -0.3 is 4.74 Å². The average molecular weight is 253 g/mol. The van der Waals surface area contributed by atoms with E-state index >= 15 is 0 Å². The summed E-state index contributed by atoms with van der Waals surface area (Å²) in [6.45, 7) is 2.75. The first-order valence-corrected chi connectivity index (χ1v) is 4.65. The summed E-state index contributed by atoms with van der Waals surface area (Å²) in [6, 6.07) is 2.26. The first kappa shape index (κ1) is 12.8. The van der Waals surface area contributed by atoms with E-state index in [1.54, 1.807) is 6.92 Å². The molecule has 0 spiro atoms. The predicted octanol–water partition coefficient (Wildman–Crippen LogP) is 3.75. The summed E-state index contributed by atoms with van der Waals surface area (Å²) in [5.74, 6) is -1.09. The first-order valence-electron chi connectivity index (χ1n) is 4.27. The summed E-state index contributed by atoms with van der Waals surface area (Å²) >= 11 is 5.66. The molecule has 6 heteroatoms. The third-order valence-corrected chi connectivity index (χ3v) is 2.27. The van der Waals surface area contributed by atoms with Gasteiger partial charge in [0.1, 0.15) is 5.75 Å². The topological polar surface area (TPSA) is 26.3 Å². The third kappa shape index (κ3) is 3.13. The van der Waals surface area contributed by atoms with E-state index in [1.807, 2.05) is 0 Å². The van der Waals surface area contributed by atoms with Gasteiger partial charge in [0.05, 0.1) is 5.56 Å². The van der Waals surface area contributed by atoms with Gasteiger partial charge in [-0.25, -0.2) is 0 Å². The van der Waals surface area contributed by atoms with E-state index in [0.717, 1.165) is 13.0 Å². The first-order chi connectivity index (χ1) is 7.20. The Labute approximate surface area is 95.0 Å². The van der Waals surface area contributed by atoms with Crippen molar-refractivity contribution in [1.29, 1.82) is 0 Å². The summed E-state index contributed by atoms with van der Waals surface area (Å²) in [5.41, 5.74) is 0.376. The fourth-order valence-electron chi connectivity index (χ4n) is 1.15. The van der Waals surface area contributed by atoms with Crippen LogP contribution in [0.2, 0.25) is 5.02 Å². The second-order valence-corrected chi connectivity index (χ2v) is 3.61. The van der Waals surface area contributed by atoms with Gasteiger partial charge in [0.15, 0.2) is 5.78 Å².